The zero-order valence-corrected chi connectivity index (χ0v) is 18.5. The van der Waals surface area contributed by atoms with Crippen LogP contribution in [0.2, 0.25) is 0 Å². The second-order valence-electron chi connectivity index (χ2n) is 9.16. The third-order valence-corrected chi connectivity index (χ3v) is 4.88. The van der Waals surface area contributed by atoms with E-state index in [2.05, 4.69) is 54.4 Å². The lowest BCUT2D eigenvalue weighted by atomic mass is 9.96. The van der Waals surface area contributed by atoms with Gasteiger partial charge < -0.3 is 4.74 Å². The van der Waals surface area contributed by atoms with Crippen molar-refractivity contribution in [2.24, 2.45) is 5.92 Å². The molecule has 0 radical (unpaired) electrons. The first-order valence-corrected chi connectivity index (χ1v) is 10.3. The first-order valence-electron chi connectivity index (χ1n) is 10.3. The average molecular weight is 393 g/mol. The van der Waals surface area contributed by atoms with Gasteiger partial charge in [0.1, 0.15) is 5.60 Å². The Bertz CT molecular complexity index is 904. The molecule has 1 aromatic heterocycles. The number of benzene rings is 1. The molecule has 29 heavy (non-hydrogen) atoms. The number of hydrogen-bond acceptors (Lipinski definition) is 3. The fraction of sp³-hybridized carbons (Fsp3) is 0.440. The number of ether oxygens (including phenoxy) is 1. The summed E-state index contributed by atoms with van der Waals surface area (Å²) in [7, 11) is 0. The normalized spacial score (nSPS) is 17.1. The molecule has 1 atom stereocenters. The number of amides is 1. The number of rotatable bonds is 3. The fourth-order valence-electron chi connectivity index (χ4n) is 3.77. The molecular formula is C25H32N2O2. The van der Waals surface area contributed by atoms with Crippen LogP contribution in [0.15, 0.2) is 42.5 Å². The molecule has 1 aliphatic heterocycles. The standard InChI is InChI=1S/C25H32N2O2/c1-17-10-11-23(27(16-17)24(28)29-25(4,5)6)22-9-7-8-20(15-22)14-21-12-18(2)26-19(3)13-21/h7-9,11-13,15,17H,10,14,16H2,1-6H3. The van der Waals surface area contributed by atoms with Gasteiger partial charge in [-0.25, -0.2) is 4.79 Å². The first-order chi connectivity index (χ1) is 13.6. The van der Waals surface area contributed by atoms with Crippen LogP contribution < -0.4 is 0 Å². The van der Waals surface area contributed by atoms with Crippen LogP contribution in [0, 0.1) is 19.8 Å². The molecule has 0 saturated heterocycles. The van der Waals surface area contributed by atoms with E-state index in [0.29, 0.717) is 12.5 Å². The third kappa shape index (κ3) is 5.69. The highest BCUT2D eigenvalue weighted by Crippen LogP contribution is 2.30. The maximum Gasteiger partial charge on any atom is 0.414 e. The van der Waals surface area contributed by atoms with Crippen LogP contribution in [0.5, 0.6) is 0 Å². The highest BCUT2D eigenvalue weighted by molar-refractivity contribution is 5.83. The van der Waals surface area contributed by atoms with Crippen molar-refractivity contribution in [2.45, 2.75) is 60.0 Å². The minimum absolute atomic E-state index is 0.277. The summed E-state index contributed by atoms with van der Waals surface area (Å²) < 4.78 is 5.67. The van der Waals surface area contributed by atoms with E-state index < -0.39 is 5.60 Å². The van der Waals surface area contributed by atoms with Crippen LogP contribution in [0.25, 0.3) is 5.70 Å². The fourth-order valence-corrected chi connectivity index (χ4v) is 3.77. The third-order valence-electron chi connectivity index (χ3n) is 4.88. The smallest absolute Gasteiger partial charge is 0.414 e. The zero-order chi connectivity index (χ0) is 21.2. The Morgan fingerprint density at radius 2 is 1.83 bits per heavy atom. The monoisotopic (exact) mass is 392 g/mol. The first kappa shape index (κ1) is 21.1. The second-order valence-corrected chi connectivity index (χ2v) is 9.16. The predicted octanol–water partition coefficient (Wildman–Crippen LogP) is 5.91. The van der Waals surface area contributed by atoms with E-state index in [4.69, 9.17) is 4.74 Å². The highest BCUT2D eigenvalue weighted by atomic mass is 16.6. The number of pyridine rings is 1. The SMILES string of the molecule is Cc1cc(Cc2cccc(C3=CCC(C)CN3C(=O)OC(C)(C)C)c2)cc(C)n1. The van der Waals surface area contributed by atoms with E-state index in [-0.39, 0.29) is 6.09 Å². The number of carbonyl (C=O) groups is 1. The zero-order valence-electron chi connectivity index (χ0n) is 18.5. The number of hydrogen-bond donors (Lipinski definition) is 0. The Balaban J connectivity index is 1.88. The molecule has 1 unspecified atom stereocenters. The predicted molar refractivity (Wildman–Crippen MR) is 118 cm³/mol. The summed E-state index contributed by atoms with van der Waals surface area (Å²) in [5.41, 5.74) is 6.04. The van der Waals surface area contributed by atoms with Crippen LogP contribution in [0.4, 0.5) is 4.79 Å². The number of aryl methyl sites for hydroxylation is 2. The summed E-state index contributed by atoms with van der Waals surface area (Å²) in [5, 5.41) is 0. The van der Waals surface area contributed by atoms with Gasteiger partial charge in [0.05, 0.1) is 5.70 Å². The van der Waals surface area contributed by atoms with Crippen molar-refractivity contribution >= 4 is 11.8 Å². The van der Waals surface area contributed by atoms with Gasteiger partial charge in [-0.15, -0.1) is 0 Å². The van der Waals surface area contributed by atoms with E-state index in [1.807, 2.05) is 34.6 Å². The molecule has 2 heterocycles. The molecule has 154 valence electrons. The van der Waals surface area contributed by atoms with Gasteiger partial charge in [0.25, 0.3) is 0 Å². The van der Waals surface area contributed by atoms with E-state index >= 15 is 0 Å². The number of nitrogens with zero attached hydrogens (tertiary/aromatic N) is 2. The van der Waals surface area contributed by atoms with Crippen molar-refractivity contribution in [3.05, 3.63) is 70.6 Å². The van der Waals surface area contributed by atoms with Gasteiger partial charge >= 0.3 is 6.09 Å². The van der Waals surface area contributed by atoms with E-state index in [1.165, 1.54) is 11.1 Å². The van der Waals surface area contributed by atoms with Crippen molar-refractivity contribution in [2.75, 3.05) is 6.54 Å². The molecule has 1 amide bonds. The van der Waals surface area contributed by atoms with Crippen molar-refractivity contribution in [3.63, 3.8) is 0 Å². The number of allylic oxidation sites excluding steroid dienone is 1. The van der Waals surface area contributed by atoms with Gasteiger partial charge in [-0.3, -0.25) is 9.88 Å². The lowest BCUT2D eigenvalue weighted by Gasteiger charge is -2.34. The van der Waals surface area contributed by atoms with Crippen molar-refractivity contribution in [3.8, 4) is 0 Å². The van der Waals surface area contributed by atoms with Gasteiger partial charge in [-0.05, 0) is 88.3 Å². The van der Waals surface area contributed by atoms with Crippen molar-refractivity contribution in [1.29, 1.82) is 0 Å². The van der Waals surface area contributed by atoms with Crippen molar-refractivity contribution < 1.29 is 9.53 Å². The summed E-state index contributed by atoms with van der Waals surface area (Å²) in [6.45, 7) is 12.6. The Hall–Kier alpha value is -2.62. The van der Waals surface area contributed by atoms with Crippen LogP contribution in [0.1, 0.15) is 62.2 Å². The molecule has 1 aromatic carbocycles. The van der Waals surface area contributed by atoms with E-state index in [0.717, 1.165) is 35.5 Å². The molecule has 0 bridgehead atoms. The Morgan fingerprint density at radius 1 is 1.14 bits per heavy atom. The molecule has 1 aliphatic rings. The summed E-state index contributed by atoms with van der Waals surface area (Å²) in [6.07, 6.45) is 3.69. The lowest BCUT2D eigenvalue weighted by molar-refractivity contribution is 0.0327. The summed E-state index contributed by atoms with van der Waals surface area (Å²) in [6, 6.07) is 12.7. The maximum atomic E-state index is 12.8. The molecule has 4 heteroatoms. The number of carbonyl (C=O) groups excluding carboxylic acids is 1. The maximum absolute atomic E-state index is 12.8. The van der Waals surface area contributed by atoms with E-state index in [9.17, 15) is 4.79 Å². The van der Waals surface area contributed by atoms with Gasteiger partial charge in [0.2, 0.25) is 0 Å². The molecule has 3 rings (SSSR count). The van der Waals surface area contributed by atoms with Crippen LogP contribution in [-0.4, -0.2) is 28.1 Å². The second kappa shape index (κ2) is 8.40. The summed E-state index contributed by atoms with van der Waals surface area (Å²) in [5.74, 6) is 0.414. The largest absolute Gasteiger partial charge is 0.443 e. The molecule has 0 spiro atoms. The van der Waals surface area contributed by atoms with Gasteiger partial charge in [-0.2, -0.15) is 0 Å². The highest BCUT2D eigenvalue weighted by Gasteiger charge is 2.29. The van der Waals surface area contributed by atoms with Gasteiger partial charge in [-0.1, -0.05) is 31.2 Å². The molecule has 0 saturated carbocycles. The summed E-state index contributed by atoms with van der Waals surface area (Å²) in [4.78, 5) is 19.1. The minimum atomic E-state index is -0.512. The lowest BCUT2D eigenvalue weighted by Crippen LogP contribution is -2.39. The Kier molecular flexibility index (Phi) is 6.11. The average Bonchev–Trinajstić information content (AvgIpc) is 2.59. The van der Waals surface area contributed by atoms with Crippen molar-refractivity contribution in [1.82, 2.24) is 9.88 Å². The minimum Gasteiger partial charge on any atom is -0.443 e. The Labute approximate surface area is 174 Å². The molecule has 0 aliphatic carbocycles. The van der Waals surface area contributed by atoms with Crippen LogP contribution in [-0.2, 0) is 11.2 Å². The van der Waals surface area contributed by atoms with Gasteiger partial charge in [0.15, 0.2) is 0 Å². The molecule has 0 N–H and O–H groups in total. The van der Waals surface area contributed by atoms with E-state index in [1.54, 1.807) is 4.90 Å². The van der Waals surface area contributed by atoms with Crippen LogP contribution in [0.3, 0.4) is 0 Å². The Morgan fingerprint density at radius 3 is 2.48 bits per heavy atom. The molecule has 4 nitrogen and oxygen atoms in total. The van der Waals surface area contributed by atoms with Crippen LogP contribution >= 0.6 is 0 Å². The summed E-state index contributed by atoms with van der Waals surface area (Å²) >= 11 is 0. The van der Waals surface area contributed by atoms with Gasteiger partial charge in [0, 0.05) is 17.9 Å². The topological polar surface area (TPSA) is 42.4 Å². The molecule has 2 aromatic rings. The molecule has 0 fully saturated rings. The molecular weight excluding hydrogens is 360 g/mol. The quantitative estimate of drug-likeness (QED) is 0.652. The number of aromatic nitrogens is 1.